The monoisotopic (exact) mass is 224 g/mol. The summed E-state index contributed by atoms with van der Waals surface area (Å²) in [5, 5.41) is 0. The van der Waals surface area contributed by atoms with Gasteiger partial charge in [-0.2, -0.15) is 0 Å². The van der Waals surface area contributed by atoms with Crippen molar-refractivity contribution in [3.63, 3.8) is 0 Å². The predicted molar refractivity (Wildman–Crippen MR) is 64.5 cm³/mol. The second kappa shape index (κ2) is 8.60. The quantitative estimate of drug-likeness (QED) is 0.436. The fraction of sp³-hybridized carbons (Fsp3) is 1.00. The first-order valence-electron chi connectivity index (χ1n) is 5.18. The summed E-state index contributed by atoms with van der Waals surface area (Å²) >= 11 is 0. The third-order valence-corrected chi connectivity index (χ3v) is 5.45. The van der Waals surface area contributed by atoms with Crippen molar-refractivity contribution in [1.82, 2.24) is 0 Å². The topological polar surface area (TPSA) is 27.7 Å². The van der Waals surface area contributed by atoms with E-state index >= 15 is 0 Å². The SMILES string of the molecule is COCCOCC[PH](C)(C)CCOC. The fourth-order valence-electron chi connectivity index (χ4n) is 1.10. The molecule has 0 saturated heterocycles. The maximum absolute atomic E-state index is 5.46. The van der Waals surface area contributed by atoms with Crippen molar-refractivity contribution in [1.29, 1.82) is 0 Å². The van der Waals surface area contributed by atoms with Crippen LogP contribution in [0.2, 0.25) is 0 Å². The van der Waals surface area contributed by atoms with Crippen molar-refractivity contribution in [3.05, 3.63) is 0 Å². The molecule has 0 saturated carbocycles. The Bertz CT molecular complexity index is 129. The Morgan fingerprint density at radius 1 is 0.786 bits per heavy atom. The van der Waals surface area contributed by atoms with E-state index in [0.717, 1.165) is 13.2 Å². The van der Waals surface area contributed by atoms with Crippen LogP contribution >= 0.6 is 7.26 Å². The van der Waals surface area contributed by atoms with Gasteiger partial charge >= 0.3 is 87.8 Å². The Labute approximate surface area is 88.4 Å². The van der Waals surface area contributed by atoms with Gasteiger partial charge < -0.3 is 0 Å². The molecule has 4 heteroatoms. The molecule has 0 heterocycles. The summed E-state index contributed by atoms with van der Waals surface area (Å²) in [6.45, 7) is 7.92. The van der Waals surface area contributed by atoms with Gasteiger partial charge in [-0.25, -0.2) is 0 Å². The van der Waals surface area contributed by atoms with Crippen LogP contribution in [0.5, 0.6) is 0 Å². The van der Waals surface area contributed by atoms with Crippen LogP contribution in [-0.4, -0.2) is 66.3 Å². The van der Waals surface area contributed by atoms with E-state index in [1.165, 1.54) is 12.3 Å². The molecule has 0 aromatic heterocycles. The second-order valence-corrected chi connectivity index (χ2v) is 9.59. The second-order valence-electron chi connectivity index (χ2n) is 4.26. The molecule has 0 bridgehead atoms. The average molecular weight is 224 g/mol. The number of ether oxygens (including phenoxy) is 3. The molecule has 0 aliphatic rings. The molecule has 0 amide bonds. The van der Waals surface area contributed by atoms with Crippen LogP contribution in [0.4, 0.5) is 0 Å². The molecule has 0 aromatic carbocycles. The number of rotatable bonds is 9. The molecular weight excluding hydrogens is 199 g/mol. The van der Waals surface area contributed by atoms with Gasteiger partial charge in [-0.3, -0.25) is 0 Å². The third kappa shape index (κ3) is 8.89. The zero-order chi connectivity index (χ0) is 10.9. The van der Waals surface area contributed by atoms with Crippen molar-refractivity contribution in [2.45, 2.75) is 0 Å². The molecule has 0 spiro atoms. The Hall–Kier alpha value is 0.310. The number of hydrogen-bond donors (Lipinski definition) is 0. The first kappa shape index (κ1) is 14.3. The molecular formula is C10H25O3P. The van der Waals surface area contributed by atoms with Crippen molar-refractivity contribution in [3.8, 4) is 0 Å². The van der Waals surface area contributed by atoms with Gasteiger partial charge in [-0.15, -0.1) is 0 Å². The van der Waals surface area contributed by atoms with Crippen molar-refractivity contribution >= 4 is 7.26 Å². The maximum atomic E-state index is 5.46. The molecule has 0 aromatic rings. The Morgan fingerprint density at radius 3 is 1.93 bits per heavy atom. The van der Waals surface area contributed by atoms with Gasteiger partial charge in [-0.05, 0) is 0 Å². The molecule has 0 N–H and O–H groups in total. The van der Waals surface area contributed by atoms with E-state index < -0.39 is 7.26 Å². The summed E-state index contributed by atoms with van der Waals surface area (Å²) in [5.41, 5.74) is 0. The van der Waals surface area contributed by atoms with E-state index in [1.807, 2.05) is 0 Å². The molecule has 14 heavy (non-hydrogen) atoms. The first-order valence-corrected chi connectivity index (χ1v) is 8.59. The third-order valence-electron chi connectivity index (χ3n) is 2.34. The fourth-order valence-corrected chi connectivity index (χ4v) is 2.80. The van der Waals surface area contributed by atoms with Gasteiger partial charge in [0.1, 0.15) is 0 Å². The van der Waals surface area contributed by atoms with Crippen molar-refractivity contribution < 1.29 is 14.2 Å². The number of methoxy groups -OCH3 is 2. The molecule has 0 fully saturated rings. The standard InChI is InChI=1S/C10H25O3P/c1-11-5-6-13-8-10-14(3,4)9-7-12-2/h14H,5-10H2,1-4H3. The Kier molecular flexibility index (Phi) is 8.80. The zero-order valence-electron chi connectivity index (χ0n) is 9.97. The molecule has 3 nitrogen and oxygen atoms in total. The summed E-state index contributed by atoms with van der Waals surface area (Å²) in [7, 11) is 2.38. The average Bonchev–Trinajstić information content (AvgIpc) is 2.15. The summed E-state index contributed by atoms with van der Waals surface area (Å²) in [6.07, 6.45) is 2.43. The summed E-state index contributed by atoms with van der Waals surface area (Å²) in [5.74, 6) is 0. The van der Waals surface area contributed by atoms with E-state index in [0.29, 0.717) is 13.2 Å². The van der Waals surface area contributed by atoms with E-state index in [9.17, 15) is 0 Å². The molecule has 0 unspecified atom stereocenters. The number of hydrogen-bond acceptors (Lipinski definition) is 3. The van der Waals surface area contributed by atoms with Crippen molar-refractivity contribution in [2.24, 2.45) is 0 Å². The van der Waals surface area contributed by atoms with Crippen LogP contribution in [0, 0.1) is 0 Å². The van der Waals surface area contributed by atoms with Gasteiger partial charge in [-0.1, -0.05) is 0 Å². The van der Waals surface area contributed by atoms with Crippen LogP contribution in [-0.2, 0) is 14.2 Å². The van der Waals surface area contributed by atoms with E-state index in [2.05, 4.69) is 13.3 Å². The molecule has 0 atom stereocenters. The normalized spacial score (nSPS) is 13.1. The van der Waals surface area contributed by atoms with Crippen molar-refractivity contribution in [2.75, 3.05) is 66.3 Å². The Morgan fingerprint density at radius 2 is 1.36 bits per heavy atom. The molecule has 0 aliphatic carbocycles. The molecule has 0 aliphatic heterocycles. The summed E-state index contributed by atoms with van der Waals surface area (Å²) < 4.78 is 15.5. The van der Waals surface area contributed by atoms with Crippen LogP contribution in [0.3, 0.4) is 0 Å². The van der Waals surface area contributed by atoms with Gasteiger partial charge in [0.15, 0.2) is 0 Å². The zero-order valence-corrected chi connectivity index (χ0v) is 11.0. The summed E-state index contributed by atoms with van der Waals surface area (Å²) in [4.78, 5) is 0. The summed E-state index contributed by atoms with van der Waals surface area (Å²) in [6, 6.07) is 0. The van der Waals surface area contributed by atoms with Gasteiger partial charge in [0.05, 0.1) is 0 Å². The van der Waals surface area contributed by atoms with Crippen LogP contribution < -0.4 is 0 Å². The van der Waals surface area contributed by atoms with Crippen LogP contribution in [0.1, 0.15) is 0 Å². The van der Waals surface area contributed by atoms with E-state index in [1.54, 1.807) is 14.2 Å². The van der Waals surface area contributed by atoms with Crippen LogP contribution in [0.25, 0.3) is 0 Å². The van der Waals surface area contributed by atoms with E-state index in [-0.39, 0.29) is 0 Å². The van der Waals surface area contributed by atoms with Gasteiger partial charge in [0, 0.05) is 0 Å². The minimum atomic E-state index is -1.08. The predicted octanol–water partition coefficient (Wildman–Crippen LogP) is 1.31. The first-order chi connectivity index (χ1) is 6.62. The van der Waals surface area contributed by atoms with E-state index in [4.69, 9.17) is 14.2 Å². The minimum absolute atomic E-state index is 0.694. The van der Waals surface area contributed by atoms with Crippen LogP contribution in [0.15, 0.2) is 0 Å². The molecule has 88 valence electrons. The molecule has 0 rings (SSSR count). The van der Waals surface area contributed by atoms with Gasteiger partial charge in [0.2, 0.25) is 0 Å². The van der Waals surface area contributed by atoms with Gasteiger partial charge in [0.25, 0.3) is 0 Å². The molecule has 0 radical (unpaired) electrons. The Balaban J connectivity index is 3.35.